The second-order valence-electron chi connectivity index (χ2n) is 6.24. The fourth-order valence-corrected chi connectivity index (χ4v) is 5.01. The third-order valence-electron chi connectivity index (χ3n) is 5.00. The van der Waals surface area contributed by atoms with Gasteiger partial charge < -0.3 is 4.74 Å². The van der Waals surface area contributed by atoms with Crippen LogP contribution in [-0.4, -0.2) is 30.1 Å². The molecule has 4 rings (SSSR count). The molecule has 5 nitrogen and oxygen atoms in total. The molecule has 2 amide bonds. The van der Waals surface area contributed by atoms with E-state index >= 15 is 0 Å². The second-order valence-corrected chi connectivity index (χ2v) is 7.53. The molecular weight excluding hydrogens is 396 g/mol. The van der Waals surface area contributed by atoms with Gasteiger partial charge in [0.25, 0.3) is 11.8 Å². The normalized spacial score (nSPS) is 30.7. The van der Waals surface area contributed by atoms with Crippen molar-refractivity contribution in [2.75, 3.05) is 7.11 Å². The zero-order chi connectivity index (χ0) is 17.0. The highest BCUT2D eigenvalue weighted by Gasteiger charge is 2.59. The van der Waals surface area contributed by atoms with E-state index in [0.29, 0.717) is 20.8 Å². The van der Waals surface area contributed by atoms with Crippen LogP contribution in [0.3, 0.4) is 0 Å². The average Bonchev–Trinajstić information content (AvgIpc) is 3.20. The maximum Gasteiger partial charge on any atom is 0.254 e. The van der Waals surface area contributed by atoms with Gasteiger partial charge in [-0.15, -0.1) is 0 Å². The number of allylic oxidation sites excluding steroid dienone is 2. The summed E-state index contributed by atoms with van der Waals surface area (Å²) in [5, 5.41) is 5.66. The summed E-state index contributed by atoms with van der Waals surface area (Å²) in [6, 6.07) is 3.38. The van der Waals surface area contributed by atoms with Gasteiger partial charge in [-0.05, 0) is 46.3 Å². The number of benzene rings is 1. The topological polar surface area (TPSA) is 59.0 Å². The lowest BCUT2D eigenvalue weighted by Crippen LogP contribution is -2.28. The van der Waals surface area contributed by atoms with Crippen molar-refractivity contribution in [1.29, 1.82) is 0 Å². The Kier molecular flexibility index (Phi) is 3.77. The molecule has 4 atom stereocenters. The van der Waals surface area contributed by atoms with E-state index in [4.69, 9.17) is 16.3 Å². The number of carbonyl (C=O) groups is 2. The van der Waals surface area contributed by atoms with Crippen molar-refractivity contribution in [3.63, 3.8) is 0 Å². The third-order valence-corrected chi connectivity index (χ3v) is 5.81. The highest BCUT2D eigenvalue weighted by molar-refractivity contribution is 9.10. The number of methoxy groups -OCH3 is 1. The first-order valence-electron chi connectivity index (χ1n) is 7.64. The van der Waals surface area contributed by atoms with Gasteiger partial charge >= 0.3 is 0 Å². The quantitative estimate of drug-likeness (QED) is 0.437. The fraction of sp³-hybridized carbons (Fsp3) is 0.353. The molecule has 1 saturated carbocycles. The number of carbonyl (C=O) groups excluding carboxylic acids is 2. The molecule has 0 unspecified atom stereocenters. The van der Waals surface area contributed by atoms with Gasteiger partial charge in [-0.3, -0.25) is 9.59 Å². The van der Waals surface area contributed by atoms with Crippen LogP contribution in [0.4, 0.5) is 0 Å². The van der Waals surface area contributed by atoms with Crippen LogP contribution in [0.2, 0.25) is 5.02 Å². The Hall–Kier alpha value is -1.66. The summed E-state index contributed by atoms with van der Waals surface area (Å²) < 4.78 is 6.00. The minimum atomic E-state index is -0.252. The van der Waals surface area contributed by atoms with Crippen LogP contribution < -0.4 is 4.74 Å². The Labute approximate surface area is 152 Å². The maximum absolute atomic E-state index is 12.6. The van der Waals surface area contributed by atoms with Crippen LogP contribution in [0.1, 0.15) is 12.0 Å². The molecule has 3 aliphatic rings. The van der Waals surface area contributed by atoms with Crippen molar-refractivity contribution in [3.8, 4) is 5.75 Å². The number of rotatable bonds is 3. The molecule has 0 spiro atoms. The van der Waals surface area contributed by atoms with Crippen molar-refractivity contribution >= 4 is 45.6 Å². The molecule has 2 fully saturated rings. The summed E-state index contributed by atoms with van der Waals surface area (Å²) in [6.45, 7) is 0. The first kappa shape index (κ1) is 15.8. The predicted octanol–water partition coefficient (Wildman–Crippen LogP) is 3.25. The summed E-state index contributed by atoms with van der Waals surface area (Å²) in [4.78, 5) is 25.2. The van der Waals surface area contributed by atoms with Gasteiger partial charge in [0.2, 0.25) is 0 Å². The van der Waals surface area contributed by atoms with Crippen LogP contribution in [0.25, 0.3) is 0 Å². The zero-order valence-corrected chi connectivity index (χ0v) is 15.1. The SMILES string of the molecule is COc1c(Br)cc(Cl)cc1C=NN1C(=O)[C@@H]2[C@H](C1=O)[C@H]1C=C[C@H]2C1. The molecule has 1 heterocycles. The highest BCUT2D eigenvalue weighted by Crippen LogP contribution is 2.52. The van der Waals surface area contributed by atoms with Crippen LogP contribution >= 0.6 is 27.5 Å². The molecule has 1 aromatic carbocycles. The van der Waals surface area contributed by atoms with E-state index in [-0.39, 0.29) is 35.5 Å². The molecule has 1 saturated heterocycles. The monoisotopic (exact) mass is 408 g/mol. The van der Waals surface area contributed by atoms with E-state index in [1.165, 1.54) is 13.3 Å². The first-order valence-corrected chi connectivity index (χ1v) is 8.81. The molecular formula is C17H14BrClN2O3. The average molecular weight is 410 g/mol. The van der Waals surface area contributed by atoms with Crippen molar-refractivity contribution in [2.24, 2.45) is 28.8 Å². The van der Waals surface area contributed by atoms with E-state index in [1.807, 2.05) is 0 Å². The van der Waals surface area contributed by atoms with Gasteiger partial charge in [-0.1, -0.05) is 23.8 Å². The van der Waals surface area contributed by atoms with Crippen LogP contribution in [0, 0.1) is 23.7 Å². The van der Waals surface area contributed by atoms with E-state index in [1.54, 1.807) is 12.1 Å². The number of amides is 2. The lowest BCUT2D eigenvalue weighted by Gasteiger charge is -2.13. The molecule has 0 radical (unpaired) electrons. The molecule has 24 heavy (non-hydrogen) atoms. The van der Waals surface area contributed by atoms with Crippen molar-refractivity contribution in [2.45, 2.75) is 6.42 Å². The first-order chi connectivity index (χ1) is 11.5. The number of hydrogen-bond acceptors (Lipinski definition) is 4. The van der Waals surface area contributed by atoms with Gasteiger partial charge in [-0.2, -0.15) is 10.1 Å². The fourth-order valence-electron chi connectivity index (χ4n) is 4.01. The smallest absolute Gasteiger partial charge is 0.254 e. The zero-order valence-electron chi connectivity index (χ0n) is 12.8. The predicted molar refractivity (Wildman–Crippen MR) is 92.9 cm³/mol. The van der Waals surface area contributed by atoms with E-state index in [9.17, 15) is 9.59 Å². The summed E-state index contributed by atoms with van der Waals surface area (Å²) in [5.74, 6) is -0.0335. The number of nitrogens with zero attached hydrogens (tertiary/aromatic N) is 2. The van der Waals surface area contributed by atoms with E-state index in [2.05, 4.69) is 33.2 Å². The molecule has 1 aliphatic heterocycles. The van der Waals surface area contributed by atoms with E-state index < -0.39 is 0 Å². The number of imide groups is 1. The lowest BCUT2D eigenvalue weighted by atomic mass is 9.85. The van der Waals surface area contributed by atoms with Crippen LogP contribution in [0.15, 0.2) is 33.9 Å². The Morgan fingerprint density at radius 3 is 2.46 bits per heavy atom. The minimum Gasteiger partial charge on any atom is -0.495 e. The van der Waals surface area contributed by atoms with Crippen molar-refractivity contribution in [3.05, 3.63) is 39.3 Å². The standard InChI is InChI=1S/C17H14BrClN2O3/c1-24-15-10(5-11(19)6-12(15)18)7-20-21-16(22)13-8-2-3-9(4-8)14(13)17(21)23/h2-3,5-9,13-14H,4H2,1H3/t8-,9-,13-,14+/m0/s1. The van der Waals surface area contributed by atoms with Gasteiger partial charge in [0.1, 0.15) is 5.75 Å². The number of fused-ring (bicyclic) bond motifs is 5. The molecule has 7 heteroatoms. The third kappa shape index (κ3) is 2.24. The lowest BCUT2D eigenvalue weighted by molar-refractivity contribution is -0.140. The number of halogens is 2. The number of hydrazone groups is 1. The molecule has 0 aromatic heterocycles. The Balaban J connectivity index is 1.64. The second kappa shape index (κ2) is 5.70. The maximum atomic E-state index is 12.6. The molecule has 2 bridgehead atoms. The summed E-state index contributed by atoms with van der Waals surface area (Å²) in [7, 11) is 1.53. The van der Waals surface area contributed by atoms with E-state index in [0.717, 1.165) is 11.4 Å². The Morgan fingerprint density at radius 1 is 1.25 bits per heavy atom. The van der Waals surface area contributed by atoms with Crippen LogP contribution in [0.5, 0.6) is 5.75 Å². The molecule has 1 aromatic rings. The highest BCUT2D eigenvalue weighted by atomic mass is 79.9. The van der Waals surface area contributed by atoms with Gasteiger partial charge in [0.05, 0.1) is 29.6 Å². The van der Waals surface area contributed by atoms with Gasteiger partial charge in [0.15, 0.2) is 0 Å². The number of hydrogen-bond donors (Lipinski definition) is 0. The van der Waals surface area contributed by atoms with Gasteiger partial charge in [-0.25, -0.2) is 0 Å². The summed E-state index contributed by atoms with van der Waals surface area (Å²) in [6.07, 6.45) is 6.46. The minimum absolute atomic E-state index is 0.173. The van der Waals surface area contributed by atoms with Crippen molar-refractivity contribution in [1.82, 2.24) is 5.01 Å². The Bertz CT molecular complexity index is 777. The summed E-state index contributed by atoms with van der Waals surface area (Å²) in [5.41, 5.74) is 0.593. The van der Waals surface area contributed by atoms with Crippen LogP contribution in [-0.2, 0) is 9.59 Å². The Morgan fingerprint density at radius 2 is 1.88 bits per heavy atom. The van der Waals surface area contributed by atoms with Crippen molar-refractivity contribution < 1.29 is 14.3 Å². The largest absolute Gasteiger partial charge is 0.495 e. The summed E-state index contributed by atoms with van der Waals surface area (Å²) >= 11 is 9.43. The molecule has 124 valence electrons. The molecule has 2 aliphatic carbocycles. The van der Waals surface area contributed by atoms with Gasteiger partial charge in [0, 0.05) is 10.6 Å². The number of ether oxygens (including phenoxy) is 1. The molecule has 0 N–H and O–H groups in total.